The number of ether oxygens (including phenoxy) is 1. The Bertz CT molecular complexity index is 423. The third kappa shape index (κ3) is 3.13. The topological polar surface area (TPSA) is 29.5 Å². The smallest absolute Gasteiger partial charge is 0.0912 e. The van der Waals surface area contributed by atoms with Gasteiger partial charge in [0.15, 0.2) is 0 Å². The van der Waals surface area contributed by atoms with Crippen molar-refractivity contribution < 1.29 is 9.84 Å². The molecule has 1 spiro atoms. The van der Waals surface area contributed by atoms with E-state index in [-0.39, 0.29) is 11.7 Å². The molecule has 2 atom stereocenters. The summed E-state index contributed by atoms with van der Waals surface area (Å²) in [5, 5.41) is 13.2. The average molecular weight is 319 g/mol. The van der Waals surface area contributed by atoms with E-state index in [2.05, 4.69) is 0 Å². The number of thioether (sulfide) groups is 1. The van der Waals surface area contributed by atoms with E-state index in [4.69, 9.17) is 16.3 Å². The van der Waals surface area contributed by atoms with E-state index in [0.717, 1.165) is 42.2 Å². The summed E-state index contributed by atoms with van der Waals surface area (Å²) >= 11 is 9.53. The number of halogens is 1. The number of hydrogen-bond acceptors (Lipinski definition) is 4. The molecule has 1 aromatic heterocycles. The molecule has 2 fully saturated rings. The zero-order chi connectivity index (χ0) is 13.3. The third-order valence-electron chi connectivity index (χ3n) is 4.26. The third-order valence-corrected chi connectivity index (χ3v) is 6.60. The van der Waals surface area contributed by atoms with E-state index >= 15 is 0 Å². The van der Waals surface area contributed by atoms with E-state index < -0.39 is 0 Å². The summed E-state index contributed by atoms with van der Waals surface area (Å²) in [4.78, 5) is 0.997. The van der Waals surface area contributed by atoms with Crippen molar-refractivity contribution in [2.24, 2.45) is 5.92 Å². The maximum atomic E-state index is 10.6. The number of aliphatic hydroxyl groups is 1. The Hall–Kier alpha value is 0.260. The van der Waals surface area contributed by atoms with E-state index in [9.17, 15) is 5.11 Å². The fraction of sp³-hybridized carbons (Fsp3) is 0.714. The van der Waals surface area contributed by atoms with Gasteiger partial charge in [-0.2, -0.15) is 11.8 Å². The van der Waals surface area contributed by atoms with Gasteiger partial charge in [0.2, 0.25) is 0 Å². The molecular weight excluding hydrogens is 300 g/mol. The minimum Gasteiger partial charge on any atom is -0.387 e. The molecule has 0 aliphatic carbocycles. The fourth-order valence-electron chi connectivity index (χ4n) is 3.14. The predicted octanol–water partition coefficient (Wildman–Crippen LogP) is 4.13. The van der Waals surface area contributed by atoms with Crippen LogP contribution in [-0.2, 0) is 4.74 Å². The van der Waals surface area contributed by atoms with Crippen LogP contribution in [0.25, 0.3) is 0 Å². The Morgan fingerprint density at radius 2 is 2.21 bits per heavy atom. The molecule has 0 bridgehead atoms. The molecule has 0 saturated carbocycles. The van der Waals surface area contributed by atoms with Crippen LogP contribution in [0.1, 0.15) is 36.7 Å². The Balaban J connectivity index is 1.70. The molecule has 1 N–H and O–H groups in total. The average Bonchev–Trinajstić information content (AvgIpc) is 2.85. The molecule has 2 aliphatic rings. The molecule has 5 heteroatoms. The molecule has 2 aliphatic heterocycles. The Kier molecular flexibility index (Phi) is 4.44. The van der Waals surface area contributed by atoms with E-state index in [1.807, 2.05) is 23.2 Å². The van der Waals surface area contributed by atoms with Gasteiger partial charge in [0, 0.05) is 16.9 Å². The van der Waals surface area contributed by atoms with Crippen molar-refractivity contribution >= 4 is 34.7 Å². The normalized spacial score (nSPS) is 28.4. The lowest BCUT2D eigenvalue weighted by Gasteiger charge is -2.44. The molecule has 19 heavy (non-hydrogen) atoms. The molecule has 106 valence electrons. The highest BCUT2D eigenvalue weighted by molar-refractivity contribution is 7.99. The van der Waals surface area contributed by atoms with Gasteiger partial charge in [-0.25, -0.2) is 0 Å². The maximum absolute atomic E-state index is 10.6. The summed E-state index contributed by atoms with van der Waals surface area (Å²) in [7, 11) is 0. The SMILES string of the molecule is OC(c1cc(Cl)cs1)C1CCOC2(CCSCC2)C1. The van der Waals surface area contributed by atoms with Crippen LogP contribution in [0.15, 0.2) is 11.4 Å². The molecule has 2 nitrogen and oxygen atoms in total. The second-order valence-corrected chi connectivity index (χ2v) is 8.11. The van der Waals surface area contributed by atoms with Gasteiger partial charge >= 0.3 is 0 Å². The summed E-state index contributed by atoms with van der Waals surface area (Å²) in [6.07, 6.45) is 3.82. The first-order valence-electron chi connectivity index (χ1n) is 6.82. The minimum atomic E-state index is -0.382. The van der Waals surface area contributed by atoms with Crippen LogP contribution in [0, 0.1) is 5.92 Å². The van der Waals surface area contributed by atoms with E-state index in [0.29, 0.717) is 5.92 Å². The molecule has 2 saturated heterocycles. The van der Waals surface area contributed by atoms with Gasteiger partial charge in [0.1, 0.15) is 0 Å². The summed E-state index contributed by atoms with van der Waals surface area (Å²) in [6.45, 7) is 0.783. The van der Waals surface area contributed by atoms with Crippen LogP contribution >= 0.6 is 34.7 Å². The highest BCUT2D eigenvalue weighted by Gasteiger charge is 2.41. The van der Waals surface area contributed by atoms with Crippen LogP contribution in [0.3, 0.4) is 0 Å². The van der Waals surface area contributed by atoms with Crippen LogP contribution in [0.5, 0.6) is 0 Å². The van der Waals surface area contributed by atoms with E-state index in [1.165, 1.54) is 11.5 Å². The Morgan fingerprint density at radius 1 is 1.42 bits per heavy atom. The van der Waals surface area contributed by atoms with E-state index in [1.54, 1.807) is 11.3 Å². The molecule has 0 aromatic carbocycles. The van der Waals surface area contributed by atoms with Crippen molar-refractivity contribution in [3.63, 3.8) is 0 Å². The van der Waals surface area contributed by atoms with Gasteiger partial charge in [0.25, 0.3) is 0 Å². The standard InChI is InChI=1S/C14H19ClO2S2/c15-11-7-12(19-9-11)13(16)10-1-4-17-14(8-10)2-5-18-6-3-14/h7,9-10,13,16H,1-6,8H2. The number of aliphatic hydroxyl groups excluding tert-OH is 1. The first kappa shape index (κ1) is 14.2. The van der Waals surface area contributed by atoms with Crippen molar-refractivity contribution in [3.8, 4) is 0 Å². The number of hydrogen-bond donors (Lipinski definition) is 1. The highest BCUT2D eigenvalue weighted by atomic mass is 35.5. The zero-order valence-corrected chi connectivity index (χ0v) is 13.2. The lowest BCUT2D eigenvalue weighted by Crippen LogP contribution is -2.44. The van der Waals surface area contributed by atoms with Crippen molar-refractivity contribution in [2.45, 2.75) is 37.4 Å². The molecular formula is C14H19ClO2S2. The van der Waals surface area contributed by atoms with Crippen molar-refractivity contribution in [1.29, 1.82) is 0 Å². The van der Waals surface area contributed by atoms with Gasteiger partial charge in [-0.3, -0.25) is 0 Å². The van der Waals surface area contributed by atoms with Crippen LogP contribution < -0.4 is 0 Å². The molecule has 1 aromatic rings. The monoisotopic (exact) mass is 318 g/mol. The quantitative estimate of drug-likeness (QED) is 0.889. The van der Waals surface area contributed by atoms with Crippen molar-refractivity contribution in [3.05, 3.63) is 21.3 Å². The fourth-order valence-corrected chi connectivity index (χ4v) is 5.54. The summed E-state index contributed by atoms with van der Waals surface area (Å²) in [5.74, 6) is 2.69. The molecule has 2 unspecified atom stereocenters. The van der Waals surface area contributed by atoms with Crippen molar-refractivity contribution in [2.75, 3.05) is 18.1 Å². The van der Waals surface area contributed by atoms with Crippen molar-refractivity contribution in [1.82, 2.24) is 0 Å². The van der Waals surface area contributed by atoms with Gasteiger partial charge in [-0.1, -0.05) is 11.6 Å². The Morgan fingerprint density at radius 3 is 2.89 bits per heavy atom. The predicted molar refractivity (Wildman–Crippen MR) is 82.3 cm³/mol. The molecule has 0 amide bonds. The summed E-state index contributed by atoms with van der Waals surface area (Å²) in [6, 6.07) is 1.90. The minimum absolute atomic E-state index is 0.0379. The van der Waals surface area contributed by atoms with Gasteiger partial charge in [0.05, 0.1) is 16.7 Å². The van der Waals surface area contributed by atoms with Gasteiger partial charge in [-0.05, 0) is 49.2 Å². The summed E-state index contributed by atoms with van der Waals surface area (Å²) in [5.41, 5.74) is 0.0379. The second kappa shape index (κ2) is 5.94. The first-order chi connectivity index (χ1) is 9.19. The van der Waals surface area contributed by atoms with Crippen LogP contribution in [0.2, 0.25) is 5.02 Å². The number of rotatable bonds is 2. The largest absolute Gasteiger partial charge is 0.387 e. The second-order valence-electron chi connectivity index (χ2n) is 5.51. The molecule has 3 rings (SSSR count). The zero-order valence-electron chi connectivity index (χ0n) is 10.8. The molecule has 0 radical (unpaired) electrons. The number of thiophene rings is 1. The first-order valence-corrected chi connectivity index (χ1v) is 9.23. The van der Waals surface area contributed by atoms with Gasteiger partial charge < -0.3 is 9.84 Å². The summed E-state index contributed by atoms with van der Waals surface area (Å²) < 4.78 is 6.08. The lowest BCUT2D eigenvalue weighted by molar-refractivity contribution is -0.120. The van der Waals surface area contributed by atoms with Crippen LogP contribution in [-0.4, -0.2) is 28.8 Å². The lowest BCUT2D eigenvalue weighted by atomic mass is 9.79. The Labute approximate surface area is 127 Å². The maximum Gasteiger partial charge on any atom is 0.0912 e. The van der Waals surface area contributed by atoms with Crippen LogP contribution in [0.4, 0.5) is 0 Å². The molecule has 3 heterocycles. The van der Waals surface area contributed by atoms with Gasteiger partial charge in [-0.15, -0.1) is 11.3 Å². The highest BCUT2D eigenvalue weighted by Crippen LogP contribution is 2.44.